The lowest BCUT2D eigenvalue weighted by Gasteiger charge is -2.26. The zero-order valence-electron chi connectivity index (χ0n) is 14.3. The number of benzene rings is 1. The summed E-state index contributed by atoms with van der Waals surface area (Å²) in [5.41, 5.74) is 1.30. The van der Waals surface area contributed by atoms with Crippen molar-refractivity contribution >= 4 is 5.96 Å². The molecule has 0 radical (unpaired) electrons. The molecule has 2 rings (SSSR count). The SMILES string of the molecule is CN=C(NCCN(C)C1CCCC1)N(C)Cc1ccccc1. The lowest BCUT2D eigenvalue weighted by Crippen LogP contribution is -2.43. The Kier molecular flexibility index (Phi) is 6.72. The second-order valence-corrected chi connectivity index (χ2v) is 6.23. The Morgan fingerprint density at radius 2 is 1.86 bits per heavy atom. The molecule has 1 N–H and O–H groups in total. The maximum Gasteiger partial charge on any atom is 0.193 e. The van der Waals surface area contributed by atoms with Gasteiger partial charge in [-0.3, -0.25) is 4.99 Å². The quantitative estimate of drug-likeness (QED) is 0.647. The summed E-state index contributed by atoms with van der Waals surface area (Å²) in [6.07, 6.45) is 5.51. The van der Waals surface area contributed by atoms with E-state index in [4.69, 9.17) is 0 Å². The predicted octanol–water partition coefficient (Wildman–Crippen LogP) is 2.57. The van der Waals surface area contributed by atoms with E-state index in [0.29, 0.717) is 0 Å². The standard InChI is InChI=1S/C18H30N4/c1-19-18(22(3)15-16-9-5-4-6-10-16)20-13-14-21(2)17-11-7-8-12-17/h4-6,9-10,17H,7-8,11-15H2,1-3H3,(H,19,20). The Morgan fingerprint density at radius 3 is 2.50 bits per heavy atom. The van der Waals surface area contributed by atoms with E-state index in [2.05, 4.69) is 64.5 Å². The second-order valence-electron chi connectivity index (χ2n) is 6.23. The average Bonchev–Trinajstić information content (AvgIpc) is 3.06. The molecule has 0 aliphatic heterocycles. The number of nitrogens with one attached hydrogen (secondary N) is 1. The molecule has 0 amide bonds. The first kappa shape index (κ1) is 16.8. The minimum Gasteiger partial charge on any atom is -0.355 e. The van der Waals surface area contributed by atoms with Crippen molar-refractivity contribution in [3.05, 3.63) is 35.9 Å². The maximum absolute atomic E-state index is 4.39. The lowest BCUT2D eigenvalue weighted by molar-refractivity contribution is 0.248. The van der Waals surface area contributed by atoms with Crippen LogP contribution >= 0.6 is 0 Å². The molecule has 0 unspecified atom stereocenters. The van der Waals surface area contributed by atoms with Crippen molar-refractivity contribution in [2.45, 2.75) is 38.3 Å². The average molecular weight is 302 g/mol. The second kappa shape index (κ2) is 8.79. The van der Waals surface area contributed by atoms with Crippen LogP contribution in [-0.4, -0.2) is 56.0 Å². The molecule has 0 saturated heterocycles. The summed E-state index contributed by atoms with van der Waals surface area (Å²) in [4.78, 5) is 9.05. The Morgan fingerprint density at radius 1 is 1.18 bits per heavy atom. The molecule has 122 valence electrons. The number of rotatable bonds is 6. The number of nitrogens with zero attached hydrogens (tertiary/aromatic N) is 3. The van der Waals surface area contributed by atoms with Crippen LogP contribution in [0.4, 0.5) is 0 Å². The molecule has 0 atom stereocenters. The molecule has 4 heteroatoms. The van der Waals surface area contributed by atoms with E-state index in [1.165, 1.54) is 31.2 Å². The van der Waals surface area contributed by atoms with Gasteiger partial charge in [-0.2, -0.15) is 0 Å². The summed E-state index contributed by atoms with van der Waals surface area (Å²) >= 11 is 0. The van der Waals surface area contributed by atoms with Gasteiger partial charge in [-0.25, -0.2) is 0 Å². The molecule has 22 heavy (non-hydrogen) atoms. The number of aliphatic imine (C=N–C) groups is 1. The highest BCUT2D eigenvalue weighted by molar-refractivity contribution is 5.79. The summed E-state index contributed by atoms with van der Waals surface area (Å²) in [7, 11) is 6.18. The van der Waals surface area contributed by atoms with Gasteiger partial charge in [0, 0.05) is 39.8 Å². The summed E-state index contributed by atoms with van der Waals surface area (Å²) < 4.78 is 0. The fourth-order valence-electron chi connectivity index (χ4n) is 3.19. The summed E-state index contributed by atoms with van der Waals surface area (Å²) in [6, 6.07) is 11.3. The Bertz CT molecular complexity index is 451. The Hall–Kier alpha value is -1.55. The highest BCUT2D eigenvalue weighted by atomic mass is 15.3. The molecule has 4 nitrogen and oxygen atoms in total. The van der Waals surface area contributed by atoms with Crippen LogP contribution in [0.2, 0.25) is 0 Å². The number of hydrogen-bond acceptors (Lipinski definition) is 2. The zero-order chi connectivity index (χ0) is 15.8. The number of guanidine groups is 1. The normalized spacial score (nSPS) is 16.3. The topological polar surface area (TPSA) is 30.9 Å². The van der Waals surface area contributed by atoms with Crippen molar-refractivity contribution in [3.8, 4) is 0 Å². The minimum atomic E-state index is 0.783. The maximum atomic E-state index is 4.39. The van der Waals surface area contributed by atoms with Crippen molar-refractivity contribution in [1.29, 1.82) is 0 Å². The molecule has 1 aromatic carbocycles. The molecule has 0 heterocycles. The van der Waals surface area contributed by atoms with E-state index in [1.807, 2.05) is 7.05 Å². The molecular formula is C18H30N4. The van der Waals surface area contributed by atoms with Gasteiger partial charge < -0.3 is 15.1 Å². The Balaban J connectivity index is 1.74. The van der Waals surface area contributed by atoms with Crippen LogP contribution in [-0.2, 0) is 6.54 Å². The Labute approximate surface area is 135 Å². The summed E-state index contributed by atoms with van der Waals surface area (Å²) in [5.74, 6) is 0.962. The van der Waals surface area contributed by atoms with Gasteiger partial charge in [-0.05, 0) is 25.5 Å². The summed E-state index contributed by atoms with van der Waals surface area (Å²) in [6.45, 7) is 2.89. The van der Waals surface area contributed by atoms with Crippen molar-refractivity contribution in [1.82, 2.24) is 15.1 Å². The van der Waals surface area contributed by atoms with Crippen molar-refractivity contribution in [2.75, 3.05) is 34.2 Å². The van der Waals surface area contributed by atoms with Crippen LogP contribution in [0.5, 0.6) is 0 Å². The summed E-state index contributed by atoms with van der Waals surface area (Å²) in [5, 5.41) is 3.48. The molecule has 1 fully saturated rings. The van der Waals surface area contributed by atoms with Gasteiger partial charge in [0.25, 0.3) is 0 Å². The number of hydrogen-bond donors (Lipinski definition) is 1. The van der Waals surface area contributed by atoms with Crippen LogP contribution in [0.15, 0.2) is 35.3 Å². The van der Waals surface area contributed by atoms with E-state index in [-0.39, 0.29) is 0 Å². The fraction of sp³-hybridized carbons (Fsp3) is 0.611. The molecule has 1 aliphatic rings. The molecule has 1 saturated carbocycles. The van der Waals surface area contributed by atoms with Crippen molar-refractivity contribution < 1.29 is 0 Å². The van der Waals surface area contributed by atoms with Crippen molar-refractivity contribution in [3.63, 3.8) is 0 Å². The van der Waals surface area contributed by atoms with Crippen molar-refractivity contribution in [2.24, 2.45) is 4.99 Å². The third kappa shape index (κ3) is 5.02. The van der Waals surface area contributed by atoms with Crippen LogP contribution in [0.25, 0.3) is 0 Å². The zero-order valence-corrected chi connectivity index (χ0v) is 14.3. The number of likely N-dealkylation sites (N-methyl/N-ethyl adjacent to an activating group) is 1. The first-order valence-electron chi connectivity index (χ1n) is 8.36. The molecule has 0 spiro atoms. The highest BCUT2D eigenvalue weighted by Gasteiger charge is 2.19. The van der Waals surface area contributed by atoms with Crippen LogP contribution in [0.3, 0.4) is 0 Å². The fourth-order valence-corrected chi connectivity index (χ4v) is 3.19. The van der Waals surface area contributed by atoms with Gasteiger partial charge in [-0.15, -0.1) is 0 Å². The van der Waals surface area contributed by atoms with Gasteiger partial charge in [0.1, 0.15) is 0 Å². The molecule has 0 bridgehead atoms. The minimum absolute atomic E-state index is 0.783. The van der Waals surface area contributed by atoms with Gasteiger partial charge in [0.05, 0.1) is 0 Å². The first-order chi connectivity index (χ1) is 10.7. The third-order valence-corrected chi connectivity index (χ3v) is 4.53. The largest absolute Gasteiger partial charge is 0.355 e. The van der Waals surface area contributed by atoms with E-state index >= 15 is 0 Å². The first-order valence-corrected chi connectivity index (χ1v) is 8.36. The van der Waals surface area contributed by atoms with E-state index < -0.39 is 0 Å². The van der Waals surface area contributed by atoms with Gasteiger partial charge >= 0.3 is 0 Å². The van der Waals surface area contributed by atoms with E-state index in [1.54, 1.807) is 0 Å². The molecule has 1 aromatic rings. The van der Waals surface area contributed by atoms with Crippen LogP contribution in [0.1, 0.15) is 31.2 Å². The molecular weight excluding hydrogens is 272 g/mol. The van der Waals surface area contributed by atoms with Crippen LogP contribution < -0.4 is 5.32 Å². The third-order valence-electron chi connectivity index (χ3n) is 4.53. The van der Waals surface area contributed by atoms with E-state index in [0.717, 1.165) is 31.6 Å². The van der Waals surface area contributed by atoms with Gasteiger partial charge in [0.15, 0.2) is 5.96 Å². The highest BCUT2D eigenvalue weighted by Crippen LogP contribution is 2.21. The smallest absolute Gasteiger partial charge is 0.193 e. The lowest BCUT2D eigenvalue weighted by atomic mass is 10.2. The van der Waals surface area contributed by atoms with Crippen LogP contribution in [0, 0.1) is 0 Å². The molecule has 1 aliphatic carbocycles. The molecule has 0 aromatic heterocycles. The monoisotopic (exact) mass is 302 g/mol. The van der Waals surface area contributed by atoms with Gasteiger partial charge in [-0.1, -0.05) is 43.2 Å². The van der Waals surface area contributed by atoms with E-state index in [9.17, 15) is 0 Å². The van der Waals surface area contributed by atoms with Gasteiger partial charge in [0.2, 0.25) is 0 Å². The predicted molar refractivity (Wildman–Crippen MR) is 94.2 cm³/mol.